The molecule has 0 saturated carbocycles. The molecule has 1 aromatic carbocycles. The third-order valence-electron chi connectivity index (χ3n) is 5.45. The van der Waals surface area contributed by atoms with E-state index < -0.39 is 17.7 Å². The molecule has 0 aliphatic carbocycles. The highest BCUT2D eigenvalue weighted by atomic mass is 16.5. The van der Waals surface area contributed by atoms with Gasteiger partial charge in [0.05, 0.1) is 18.2 Å². The maximum atomic E-state index is 12.9. The molecule has 170 valence electrons. The molecule has 2 aromatic rings. The highest BCUT2D eigenvalue weighted by Gasteiger charge is 2.45. The normalized spacial score (nSPS) is 17.7. The number of rotatable bonds is 11. The van der Waals surface area contributed by atoms with Crippen LogP contribution in [0.25, 0.3) is 5.76 Å². The first-order valence-corrected chi connectivity index (χ1v) is 11.0. The van der Waals surface area contributed by atoms with Crippen LogP contribution >= 0.6 is 0 Å². The van der Waals surface area contributed by atoms with Crippen LogP contribution in [0, 0.1) is 0 Å². The summed E-state index contributed by atoms with van der Waals surface area (Å²) in [6.45, 7) is 3.59. The second-order valence-electron chi connectivity index (χ2n) is 7.70. The number of aromatic nitrogens is 1. The van der Waals surface area contributed by atoms with Crippen LogP contribution in [0.1, 0.15) is 49.8 Å². The Bertz CT molecular complexity index is 941. The molecule has 1 saturated heterocycles. The molecule has 7 heteroatoms. The largest absolute Gasteiger partial charge is 0.507 e. The first kappa shape index (κ1) is 23.5. The molecular formula is C25H30N2O5. The number of hydrogen-bond donors (Lipinski definition) is 1. The van der Waals surface area contributed by atoms with Gasteiger partial charge in [0.15, 0.2) is 0 Å². The van der Waals surface area contributed by atoms with E-state index in [2.05, 4.69) is 11.9 Å². The van der Waals surface area contributed by atoms with E-state index in [1.54, 1.807) is 19.2 Å². The first-order valence-electron chi connectivity index (χ1n) is 11.0. The van der Waals surface area contributed by atoms with Gasteiger partial charge in [0, 0.05) is 38.2 Å². The van der Waals surface area contributed by atoms with E-state index in [1.807, 2.05) is 24.3 Å². The molecule has 3 rings (SSSR count). The fraction of sp³-hybridized carbons (Fsp3) is 0.400. The molecule has 32 heavy (non-hydrogen) atoms. The molecule has 1 unspecified atom stereocenters. The number of likely N-dealkylation sites (tertiary alicyclic amines) is 1. The van der Waals surface area contributed by atoms with Crippen LogP contribution in [-0.2, 0) is 14.3 Å². The minimum Gasteiger partial charge on any atom is -0.507 e. The molecule has 1 N–H and O–H groups in total. The van der Waals surface area contributed by atoms with Gasteiger partial charge in [0.2, 0.25) is 0 Å². The van der Waals surface area contributed by atoms with Gasteiger partial charge in [0.1, 0.15) is 11.5 Å². The number of pyridine rings is 1. The van der Waals surface area contributed by atoms with Gasteiger partial charge >= 0.3 is 0 Å². The number of ether oxygens (including phenoxy) is 2. The Morgan fingerprint density at radius 2 is 1.75 bits per heavy atom. The minimum atomic E-state index is -0.693. The standard InChI is InChI=1S/C25H30N2O5/c1-3-4-5-17-32-20-9-7-18(8-10-20)22-21(23(28)19-11-13-26-14-12-19)24(29)25(30)27(22)15-6-16-31-2/h7-14,22,28H,3-6,15-17H2,1-2H3. The summed E-state index contributed by atoms with van der Waals surface area (Å²) in [5, 5.41) is 11.0. The fourth-order valence-corrected chi connectivity index (χ4v) is 3.79. The van der Waals surface area contributed by atoms with E-state index in [-0.39, 0.29) is 11.3 Å². The van der Waals surface area contributed by atoms with Crippen LogP contribution in [0.15, 0.2) is 54.4 Å². The third kappa shape index (κ3) is 5.34. The number of methoxy groups -OCH3 is 1. The van der Waals surface area contributed by atoms with Crippen molar-refractivity contribution >= 4 is 17.4 Å². The lowest BCUT2D eigenvalue weighted by atomic mass is 9.95. The summed E-state index contributed by atoms with van der Waals surface area (Å²) in [7, 11) is 1.59. The van der Waals surface area contributed by atoms with Gasteiger partial charge in [-0.05, 0) is 42.7 Å². The van der Waals surface area contributed by atoms with Crippen LogP contribution in [0.5, 0.6) is 5.75 Å². The Kier molecular flexibility index (Phi) is 8.39. The number of ketones is 1. The Labute approximate surface area is 188 Å². The van der Waals surface area contributed by atoms with Crippen LogP contribution in [0.4, 0.5) is 0 Å². The van der Waals surface area contributed by atoms with Gasteiger partial charge < -0.3 is 19.5 Å². The number of aliphatic hydroxyl groups is 1. The van der Waals surface area contributed by atoms with Crippen molar-refractivity contribution in [1.82, 2.24) is 9.88 Å². The maximum absolute atomic E-state index is 12.9. The quantitative estimate of drug-likeness (QED) is 0.246. The van der Waals surface area contributed by atoms with Crippen LogP contribution in [0.3, 0.4) is 0 Å². The molecule has 0 radical (unpaired) electrons. The zero-order chi connectivity index (χ0) is 22.9. The summed E-state index contributed by atoms with van der Waals surface area (Å²) >= 11 is 0. The number of amides is 1. The lowest BCUT2D eigenvalue weighted by Gasteiger charge is -2.25. The van der Waals surface area contributed by atoms with E-state index in [0.717, 1.165) is 30.6 Å². The van der Waals surface area contributed by atoms with Gasteiger partial charge in [0.25, 0.3) is 11.7 Å². The smallest absolute Gasteiger partial charge is 0.295 e. The van der Waals surface area contributed by atoms with Gasteiger partial charge in [-0.3, -0.25) is 14.6 Å². The molecule has 1 atom stereocenters. The van der Waals surface area contributed by atoms with Crippen LogP contribution < -0.4 is 4.74 Å². The first-order chi connectivity index (χ1) is 15.6. The summed E-state index contributed by atoms with van der Waals surface area (Å²) in [6, 6.07) is 9.89. The minimum absolute atomic E-state index is 0.0789. The average molecular weight is 439 g/mol. The van der Waals surface area contributed by atoms with E-state index in [9.17, 15) is 14.7 Å². The monoisotopic (exact) mass is 438 g/mol. The Morgan fingerprint density at radius 3 is 2.41 bits per heavy atom. The predicted molar refractivity (Wildman–Crippen MR) is 121 cm³/mol. The lowest BCUT2D eigenvalue weighted by molar-refractivity contribution is -0.140. The van der Waals surface area contributed by atoms with Crippen molar-refractivity contribution in [2.75, 3.05) is 26.9 Å². The summed E-state index contributed by atoms with van der Waals surface area (Å²) in [4.78, 5) is 31.2. The van der Waals surface area contributed by atoms with E-state index in [0.29, 0.717) is 31.7 Å². The lowest BCUT2D eigenvalue weighted by Crippen LogP contribution is -2.31. The summed E-state index contributed by atoms with van der Waals surface area (Å²) in [5.41, 5.74) is 1.25. The van der Waals surface area contributed by atoms with Crippen molar-refractivity contribution in [2.24, 2.45) is 0 Å². The van der Waals surface area contributed by atoms with Crippen molar-refractivity contribution in [3.63, 3.8) is 0 Å². The highest BCUT2D eigenvalue weighted by molar-refractivity contribution is 6.46. The fourth-order valence-electron chi connectivity index (χ4n) is 3.79. The molecular weight excluding hydrogens is 408 g/mol. The van der Waals surface area contributed by atoms with Crippen molar-refractivity contribution in [3.05, 3.63) is 65.5 Å². The molecule has 1 aromatic heterocycles. The molecule has 7 nitrogen and oxygen atoms in total. The van der Waals surface area contributed by atoms with Gasteiger partial charge in [-0.25, -0.2) is 0 Å². The van der Waals surface area contributed by atoms with Gasteiger partial charge in [-0.2, -0.15) is 0 Å². The summed E-state index contributed by atoms with van der Waals surface area (Å²) in [5.74, 6) is -0.788. The number of carbonyl (C=O) groups excluding carboxylic acids is 2. The summed E-state index contributed by atoms with van der Waals surface area (Å²) < 4.78 is 10.9. The second kappa shape index (κ2) is 11.4. The van der Waals surface area contributed by atoms with E-state index in [1.165, 1.54) is 17.3 Å². The molecule has 1 aliphatic rings. The van der Waals surface area contributed by atoms with E-state index >= 15 is 0 Å². The number of nitrogens with zero attached hydrogens (tertiary/aromatic N) is 2. The Balaban J connectivity index is 1.94. The van der Waals surface area contributed by atoms with Crippen LogP contribution in [-0.4, -0.2) is 53.5 Å². The zero-order valence-electron chi connectivity index (χ0n) is 18.6. The molecule has 1 aliphatic heterocycles. The molecule has 2 heterocycles. The van der Waals surface area contributed by atoms with Crippen LogP contribution in [0.2, 0.25) is 0 Å². The molecule has 1 amide bonds. The van der Waals surface area contributed by atoms with Crippen molar-refractivity contribution in [3.8, 4) is 5.75 Å². The van der Waals surface area contributed by atoms with E-state index in [4.69, 9.17) is 9.47 Å². The highest BCUT2D eigenvalue weighted by Crippen LogP contribution is 2.39. The molecule has 0 spiro atoms. The van der Waals surface area contributed by atoms with Crippen molar-refractivity contribution in [2.45, 2.75) is 38.6 Å². The molecule has 0 bridgehead atoms. The number of Topliss-reactive ketones (excluding diaryl/α,β-unsaturated/α-hetero) is 1. The predicted octanol–water partition coefficient (Wildman–Crippen LogP) is 4.11. The zero-order valence-corrected chi connectivity index (χ0v) is 18.6. The van der Waals surface area contributed by atoms with Crippen molar-refractivity contribution in [1.29, 1.82) is 0 Å². The average Bonchev–Trinajstić information content (AvgIpc) is 3.07. The van der Waals surface area contributed by atoms with Gasteiger partial charge in [-0.15, -0.1) is 0 Å². The second-order valence-corrected chi connectivity index (χ2v) is 7.70. The number of benzene rings is 1. The topological polar surface area (TPSA) is 89.0 Å². The Hall–Kier alpha value is -3.19. The van der Waals surface area contributed by atoms with Gasteiger partial charge in [-0.1, -0.05) is 31.9 Å². The number of aliphatic hydroxyl groups excluding tert-OH is 1. The Morgan fingerprint density at radius 1 is 1.03 bits per heavy atom. The number of carbonyl (C=O) groups is 2. The maximum Gasteiger partial charge on any atom is 0.295 e. The van der Waals surface area contributed by atoms with Crippen molar-refractivity contribution < 1.29 is 24.2 Å². The number of unbranched alkanes of at least 4 members (excludes halogenated alkanes) is 2. The SMILES string of the molecule is CCCCCOc1ccc(C2C(=C(O)c3ccncc3)C(=O)C(=O)N2CCCOC)cc1. The number of hydrogen-bond acceptors (Lipinski definition) is 6. The molecule has 1 fully saturated rings. The third-order valence-corrected chi connectivity index (χ3v) is 5.45. The summed E-state index contributed by atoms with van der Waals surface area (Å²) in [6.07, 6.45) is 6.87.